The lowest BCUT2D eigenvalue weighted by Crippen LogP contribution is -2.22. The summed E-state index contributed by atoms with van der Waals surface area (Å²) in [5, 5.41) is 3.55. The molecule has 0 bridgehead atoms. The lowest BCUT2D eigenvalue weighted by atomic mass is 10.1. The SMILES string of the molecule is CCN(CC)Cc1ccc(C(=O)Nc2cccc(Cl)c2Cl)cc1. The first-order valence-corrected chi connectivity index (χ1v) is 8.37. The first kappa shape index (κ1) is 17.8. The van der Waals surface area contributed by atoms with Crippen molar-refractivity contribution < 1.29 is 4.79 Å². The van der Waals surface area contributed by atoms with Crippen LogP contribution in [-0.2, 0) is 6.54 Å². The lowest BCUT2D eigenvalue weighted by molar-refractivity contribution is 0.102. The molecular formula is C18H20Cl2N2O. The molecule has 0 fully saturated rings. The van der Waals surface area contributed by atoms with E-state index in [2.05, 4.69) is 24.1 Å². The molecule has 2 rings (SSSR count). The van der Waals surface area contributed by atoms with Crippen molar-refractivity contribution in [2.75, 3.05) is 18.4 Å². The normalized spacial score (nSPS) is 10.8. The number of carbonyl (C=O) groups excluding carboxylic acids is 1. The summed E-state index contributed by atoms with van der Waals surface area (Å²) >= 11 is 12.0. The highest BCUT2D eigenvalue weighted by atomic mass is 35.5. The number of anilines is 1. The van der Waals surface area contributed by atoms with Crippen LogP contribution in [0.25, 0.3) is 0 Å². The third-order valence-corrected chi connectivity index (χ3v) is 4.54. The van der Waals surface area contributed by atoms with Crippen molar-refractivity contribution in [2.24, 2.45) is 0 Å². The largest absolute Gasteiger partial charge is 0.321 e. The molecule has 2 aromatic rings. The smallest absolute Gasteiger partial charge is 0.255 e. The fraction of sp³-hybridized carbons (Fsp3) is 0.278. The van der Waals surface area contributed by atoms with Gasteiger partial charge in [0.15, 0.2) is 0 Å². The van der Waals surface area contributed by atoms with Crippen molar-refractivity contribution in [3.63, 3.8) is 0 Å². The third kappa shape index (κ3) is 4.71. The van der Waals surface area contributed by atoms with Gasteiger partial charge in [-0.25, -0.2) is 0 Å². The summed E-state index contributed by atoms with van der Waals surface area (Å²) < 4.78 is 0. The van der Waals surface area contributed by atoms with E-state index in [9.17, 15) is 4.79 Å². The van der Waals surface area contributed by atoms with Crippen LogP contribution < -0.4 is 5.32 Å². The van der Waals surface area contributed by atoms with Crippen LogP contribution in [0.4, 0.5) is 5.69 Å². The predicted octanol–water partition coefficient (Wildman–Crippen LogP) is 5.09. The summed E-state index contributed by atoms with van der Waals surface area (Å²) in [4.78, 5) is 14.6. The number of hydrogen-bond acceptors (Lipinski definition) is 2. The average Bonchev–Trinajstić information content (AvgIpc) is 2.57. The molecule has 0 aliphatic carbocycles. The van der Waals surface area contributed by atoms with Crippen LogP contribution >= 0.6 is 23.2 Å². The van der Waals surface area contributed by atoms with Gasteiger partial charge in [0.2, 0.25) is 0 Å². The topological polar surface area (TPSA) is 32.3 Å². The number of benzene rings is 2. The van der Waals surface area contributed by atoms with E-state index in [1.165, 1.54) is 5.56 Å². The summed E-state index contributed by atoms with van der Waals surface area (Å²) in [6.07, 6.45) is 0. The van der Waals surface area contributed by atoms with E-state index in [0.717, 1.165) is 19.6 Å². The Bertz CT molecular complexity index is 667. The molecule has 0 spiro atoms. The lowest BCUT2D eigenvalue weighted by Gasteiger charge is -2.18. The minimum Gasteiger partial charge on any atom is -0.321 e. The number of amides is 1. The molecule has 0 heterocycles. The Morgan fingerprint density at radius 2 is 1.70 bits per heavy atom. The average molecular weight is 351 g/mol. The number of rotatable bonds is 6. The summed E-state index contributed by atoms with van der Waals surface area (Å²) in [6, 6.07) is 12.8. The van der Waals surface area contributed by atoms with Gasteiger partial charge in [0.1, 0.15) is 0 Å². The Balaban J connectivity index is 2.07. The number of halogens is 2. The Hall–Kier alpha value is -1.55. The zero-order chi connectivity index (χ0) is 16.8. The van der Waals surface area contributed by atoms with Crippen molar-refractivity contribution >= 4 is 34.8 Å². The molecular weight excluding hydrogens is 331 g/mol. The zero-order valence-corrected chi connectivity index (χ0v) is 14.8. The molecule has 0 aromatic heterocycles. The van der Waals surface area contributed by atoms with Crippen molar-refractivity contribution in [3.8, 4) is 0 Å². The van der Waals surface area contributed by atoms with E-state index < -0.39 is 0 Å². The van der Waals surface area contributed by atoms with Gasteiger partial charge in [0.05, 0.1) is 15.7 Å². The van der Waals surface area contributed by atoms with Gasteiger partial charge >= 0.3 is 0 Å². The Kier molecular flexibility index (Phi) is 6.46. The minimum atomic E-state index is -0.205. The van der Waals surface area contributed by atoms with Crippen LogP contribution in [0.5, 0.6) is 0 Å². The van der Waals surface area contributed by atoms with Crippen molar-refractivity contribution in [1.29, 1.82) is 0 Å². The maximum absolute atomic E-state index is 12.3. The van der Waals surface area contributed by atoms with Crippen LogP contribution in [0.15, 0.2) is 42.5 Å². The second-order valence-electron chi connectivity index (χ2n) is 5.21. The van der Waals surface area contributed by atoms with Crippen molar-refractivity contribution in [1.82, 2.24) is 4.90 Å². The summed E-state index contributed by atoms with van der Waals surface area (Å²) in [5.74, 6) is -0.205. The van der Waals surface area contributed by atoms with Gasteiger partial charge in [-0.3, -0.25) is 9.69 Å². The number of nitrogens with one attached hydrogen (secondary N) is 1. The molecule has 2 aromatic carbocycles. The van der Waals surface area contributed by atoms with E-state index in [0.29, 0.717) is 21.3 Å². The Labute approximate surface area is 147 Å². The molecule has 122 valence electrons. The summed E-state index contributed by atoms with van der Waals surface area (Å²) in [7, 11) is 0. The monoisotopic (exact) mass is 350 g/mol. The van der Waals surface area contributed by atoms with E-state index in [4.69, 9.17) is 23.2 Å². The first-order valence-electron chi connectivity index (χ1n) is 7.61. The predicted molar refractivity (Wildman–Crippen MR) is 97.5 cm³/mol. The van der Waals surface area contributed by atoms with Gasteiger partial charge in [-0.2, -0.15) is 0 Å². The highest BCUT2D eigenvalue weighted by molar-refractivity contribution is 6.44. The third-order valence-electron chi connectivity index (χ3n) is 3.72. The highest BCUT2D eigenvalue weighted by Gasteiger charge is 2.10. The van der Waals surface area contributed by atoms with Gasteiger partial charge in [0.25, 0.3) is 5.91 Å². The fourth-order valence-electron chi connectivity index (χ4n) is 2.26. The minimum absolute atomic E-state index is 0.205. The molecule has 0 unspecified atom stereocenters. The molecule has 0 saturated heterocycles. The molecule has 0 saturated carbocycles. The Morgan fingerprint density at radius 1 is 1.04 bits per heavy atom. The van der Waals surface area contributed by atoms with Crippen molar-refractivity contribution in [2.45, 2.75) is 20.4 Å². The molecule has 0 aliphatic heterocycles. The molecule has 0 radical (unpaired) electrons. The van der Waals surface area contributed by atoms with Crippen molar-refractivity contribution in [3.05, 3.63) is 63.6 Å². The van der Waals surface area contributed by atoms with E-state index in [1.54, 1.807) is 18.2 Å². The van der Waals surface area contributed by atoms with Crippen LogP contribution in [0, 0.1) is 0 Å². The van der Waals surface area contributed by atoms with Gasteiger partial charge < -0.3 is 5.32 Å². The molecule has 1 N–H and O–H groups in total. The molecule has 5 heteroatoms. The van der Waals surface area contributed by atoms with E-state index in [-0.39, 0.29) is 5.91 Å². The number of nitrogens with zero attached hydrogens (tertiary/aromatic N) is 1. The van der Waals surface area contributed by atoms with E-state index >= 15 is 0 Å². The van der Waals surface area contributed by atoms with Crippen LogP contribution in [-0.4, -0.2) is 23.9 Å². The number of hydrogen-bond donors (Lipinski definition) is 1. The van der Waals surface area contributed by atoms with Gasteiger partial charge in [-0.1, -0.05) is 55.2 Å². The molecule has 1 amide bonds. The van der Waals surface area contributed by atoms with Gasteiger partial charge in [-0.05, 0) is 42.9 Å². The maximum atomic E-state index is 12.3. The zero-order valence-electron chi connectivity index (χ0n) is 13.3. The fourth-order valence-corrected chi connectivity index (χ4v) is 2.61. The van der Waals surface area contributed by atoms with E-state index in [1.807, 2.05) is 24.3 Å². The quantitative estimate of drug-likeness (QED) is 0.786. The van der Waals surface area contributed by atoms with Crippen LogP contribution in [0.1, 0.15) is 29.8 Å². The maximum Gasteiger partial charge on any atom is 0.255 e. The van der Waals surface area contributed by atoms with Crippen LogP contribution in [0.2, 0.25) is 10.0 Å². The molecule has 3 nitrogen and oxygen atoms in total. The molecule has 0 aliphatic rings. The van der Waals surface area contributed by atoms with Crippen LogP contribution in [0.3, 0.4) is 0 Å². The molecule has 0 atom stereocenters. The van der Waals surface area contributed by atoms with Gasteiger partial charge in [0, 0.05) is 12.1 Å². The highest BCUT2D eigenvalue weighted by Crippen LogP contribution is 2.29. The second kappa shape index (κ2) is 8.34. The number of carbonyl (C=O) groups is 1. The second-order valence-corrected chi connectivity index (χ2v) is 6.00. The first-order chi connectivity index (χ1) is 11.0. The van der Waals surface area contributed by atoms with Gasteiger partial charge in [-0.15, -0.1) is 0 Å². The summed E-state index contributed by atoms with van der Waals surface area (Å²) in [6.45, 7) is 7.17. The molecule has 23 heavy (non-hydrogen) atoms. The standard InChI is InChI=1S/C18H20Cl2N2O/c1-3-22(4-2)12-13-8-10-14(11-9-13)18(23)21-16-7-5-6-15(19)17(16)20/h5-11H,3-4,12H2,1-2H3,(H,21,23). The Morgan fingerprint density at radius 3 is 2.30 bits per heavy atom. The summed E-state index contributed by atoms with van der Waals surface area (Å²) in [5.41, 5.74) is 2.28.